The topological polar surface area (TPSA) is 58.9 Å². The first-order valence-corrected chi connectivity index (χ1v) is 6.71. The molecule has 1 aromatic carbocycles. The Morgan fingerprint density at radius 2 is 1.95 bits per heavy atom. The number of aromatic amines is 1. The monoisotopic (exact) mass is 309 g/mol. The fraction of sp³-hybridized carbons (Fsp3) is 0.0833. The van der Waals surface area contributed by atoms with Gasteiger partial charge in [-0.2, -0.15) is 22.8 Å². The molecule has 0 bridgehead atoms. The minimum atomic E-state index is -4.58. The van der Waals surface area contributed by atoms with Gasteiger partial charge in [0.05, 0.1) is 0 Å². The lowest BCUT2D eigenvalue weighted by Gasteiger charge is -2.00. The van der Waals surface area contributed by atoms with Crippen molar-refractivity contribution in [3.05, 3.63) is 36.3 Å². The number of hydrogen-bond donors (Lipinski definition) is 1. The predicted molar refractivity (Wildman–Crippen MR) is 71.0 cm³/mol. The Hall–Kier alpha value is -2.42. The molecule has 4 aromatic rings. The summed E-state index contributed by atoms with van der Waals surface area (Å²) in [6.45, 7) is 0. The van der Waals surface area contributed by atoms with E-state index in [1.807, 2.05) is 24.3 Å². The number of fused-ring (bicyclic) bond motifs is 2. The highest BCUT2D eigenvalue weighted by molar-refractivity contribution is 7.19. The number of hydrogen-bond acceptors (Lipinski definition) is 4. The molecule has 1 N–H and O–H groups in total. The van der Waals surface area contributed by atoms with E-state index in [9.17, 15) is 13.2 Å². The Morgan fingerprint density at radius 3 is 2.76 bits per heavy atom. The minimum absolute atomic E-state index is 0.114. The molecule has 0 aliphatic heterocycles. The molecule has 0 aliphatic rings. The van der Waals surface area contributed by atoms with Crippen LogP contribution in [0.5, 0.6) is 0 Å². The summed E-state index contributed by atoms with van der Waals surface area (Å²) in [4.78, 5) is 3.18. The highest BCUT2D eigenvalue weighted by Crippen LogP contribution is 2.34. The van der Waals surface area contributed by atoms with Gasteiger partial charge in [0, 0.05) is 22.7 Å². The van der Waals surface area contributed by atoms with Crippen molar-refractivity contribution < 1.29 is 13.2 Å². The van der Waals surface area contributed by atoms with Crippen molar-refractivity contribution in [2.45, 2.75) is 6.18 Å². The van der Waals surface area contributed by atoms with Crippen molar-refractivity contribution >= 4 is 27.2 Å². The summed E-state index contributed by atoms with van der Waals surface area (Å²) in [5.74, 6) is -1.11. The zero-order valence-electron chi connectivity index (χ0n) is 10.2. The van der Waals surface area contributed by atoms with Gasteiger partial charge in [-0.15, -0.1) is 10.2 Å². The molecular formula is C12H6F3N5S. The molecule has 3 heterocycles. The molecule has 0 spiro atoms. The van der Waals surface area contributed by atoms with Crippen LogP contribution in [0.3, 0.4) is 0 Å². The number of aromatic nitrogens is 5. The van der Waals surface area contributed by atoms with Crippen molar-refractivity contribution in [1.29, 1.82) is 0 Å². The average molecular weight is 309 g/mol. The number of H-pyrrole nitrogens is 1. The Bertz CT molecular complexity index is 949. The first kappa shape index (κ1) is 12.3. The second-order valence-electron chi connectivity index (χ2n) is 4.37. The van der Waals surface area contributed by atoms with Crippen LogP contribution in [-0.2, 0) is 6.18 Å². The van der Waals surface area contributed by atoms with Crippen molar-refractivity contribution in [3.63, 3.8) is 0 Å². The fourth-order valence-electron chi connectivity index (χ4n) is 2.15. The lowest BCUT2D eigenvalue weighted by molar-refractivity contribution is -0.146. The van der Waals surface area contributed by atoms with Gasteiger partial charge in [0.2, 0.25) is 4.96 Å². The van der Waals surface area contributed by atoms with Crippen molar-refractivity contribution in [1.82, 2.24) is 24.8 Å². The molecule has 0 saturated heterocycles. The molecule has 0 amide bonds. The van der Waals surface area contributed by atoms with E-state index < -0.39 is 12.0 Å². The molecule has 3 aromatic heterocycles. The molecular weight excluding hydrogens is 303 g/mol. The Labute approximate surface area is 119 Å². The van der Waals surface area contributed by atoms with Gasteiger partial charge in [-0.05, 0) is 6.07 Å². The van der Waals surface area contributed by atoms with E-state index in [1.165, 1.54) is 0 Å². The summed E-state index contributed by atoms with van der Waals surface area (Å²) in [5.41, 5.74) is 1.64. The lowest BCUT2D eigenvalue weighted by atomic mass is 10.2. The first-order valence-electron chi connectivity index (χ1n) is 5.90. The maximum Gasteiger partial charge on any atom is 0.453 e. The molecule has 106 valence electrons. The van der Waals surface area contributed by atoms with Gasteiger partial charge in [0.15, 0.2) is 0 Å². The summed E-state index contributed by atoms with van der Waals surface area (Å²) in [6.07, 6.45) is -2.85. The molecule has 9 heteroatoms. The van der Waals surface area contributed by atoms with Crippen LogP contribution in [0, 0.1) is 0 Å². The summed E-state index contributed by atoms with van der Waals surface area (Å²) in [6, 6.07) is 7.51. The summed E-state index contributed by atoms with van der Waals surface area (Å²) >= 11 is 1.07. The number of nitrogens with zero attached hydrogens (tertiary/aromatic N) is 4. The SMILES string of the molecule is FC(F)(F)c1nnc2sc(-c3c[nH]c4ccccc34)nn12. The highest BCUT2D eigenvalue weighted by Gasteiger charge is 2.38. The summed E-state index contributed by atoms with van der Waals surface area (Å²) in [5, 5.41) is 12.0. The third-order valence-electron chi connectivity index (χ3n) is 3.06. The third-order valence-corrected chi connectivity index (χ3v) is 4.00. The zero-order valence-corrected chi connectivity index (χ0v) is 11.0. The van der Waals surface area contributed by atoms with E-state index in [4.69, 9.17) is 0 Å². The second kappa shape index (κ2) is 4.04. The summed E-state index contributed by atoms with van der Waals surface area (Å²) in [7, 11) is 0. The van der Waals surface area contributed by atoms with E-state index in [2.05, 4.69) is 20.3 Å². The normalized spacial score (nSPS) is 12.5. The number of nitrogens with one attached hydrogen (secondary N) is 1. The highest BCUT2D eigenvalue weighted by atomic mass is 32.1. The lowest BCUT2D eigenvalue weighted by Crippen LogP contribution is -2.11. The van der Waals surface area contributed by atoms with Crippen LogP contribution in [0.2, 0.25) is 0 Å². The van der Waals surface area contributed by atoms with E-state index in [0.29, 0.717) is 5.01 Å². The maximum atomic E-state index is 12.8. The van der Waals surface area contributed by atoms with Gasteiger partial charge in [0.1, 0.15) is 5.01 Å². The third kappa shape index (κ3) is 1.81. The molecule has 0 unspecified atom stereocenters. The summed E-state index contributed by atoms with van der Waals surface area (Å²) < 4.78 is 39.1. The van der Waals surface area contributed by atoms with E-state index in [-0.39, 0.29) is 4.96 Å². The number of rotatable bonds is 1. The second-order valence-corrected chi connectivity index (χ2v) is 5.33. The largest absolute Gasteiger partial charge is 0.453 e. The molecule has 4 rings (SSSR count). The van der Waals surface area contributed by atoms with Crippen molar-refractivity contribution in [2.75, 3.05) is 0 Å². The Balaban J connectivity index is 1.93. The maximum absolute atomic E-state index is 12.8. The van der Waals surface area contributed by atoms with Crippen LogP contribution in [0.4, 0.5) is 13.2 Å². The van der Waals surface area contributed by atoms with E-state index >= 15 is 0 Å². The molecule has 5 nitrogen and oxygen atoms in total. The van der Waals surface area contributed by atoms with Gasteiger partial charge in [-0.3, -0.25) is 0 Å². The molecule has 0 aliphatic carbocycles. The van der Waals surface area contributed by atoms with Gasteiger partial charge in [-0.1, -0.05) is 29.5 Å². The van der Waals surface area contributed by atoms with Gasteiger partial charge >= 0.3 is 6.18 Å². The number of halogens is 3. The first-order chi connectivity index (χ1) is 10.0. The quantitative estimate of drug-likeness (QED) is 0.586. The average Bonchev–Trinajstić information content (AvgIpc) is 3.09. The van der Waals surface area contributed by atoms with Gasteiger partial charge in [-0.25, -0.2) is 0 Å². The fourth-order valence-corrected chi connectivity index (χ4v) is 3.02. The molecule has 0 atom stereocenters. The molecule has 21 heavy (non-hydrogen) atoms. The number of para-hydroxylation sites is 1. The smallest absolute Gasteiger partial charge is 0.360 e. The number of alkyl halides is 3. The van der Waals surface area contributed by atoms with Crippen molar-refractivity contribution in [2.24, 2.45) is 0 Å². The Morgan fingerprint density at radius 1 is 1.14 bits per heavy atom. The van der Waals surface area contributed by atoms with E-state index in [0.717, 1.165) is 32.3 Å². The van der Waals surface area contributed by atoms with Crippen LogP contribution in [-0.4, -0.2) is 24.8 Å². The predicted octanol–water partition coefficient (Wildman–Crippen LogP) is 3.35. The number of benzene rings is 1. The van der Waals surface area contributed by atoms with Crippen LogP contribution in [0.15, 0.2) is 30.5 Å². The zero-order chi connectivity index (χ0) is 14.6. The van der Waals surface area contributed by atoms with Gasteiger partial charge in [0.25, 0.3) is 5.82 Å². The van der Waals surface area contributed by atoms with Crippen molar-refractivity contribution in [3.8, 4) is 10.6 Å². The van der Waals surface area contributed by atoms with Crippen LogP contribution >= 0.6 is 11.3 Å². The molecule has 0 fully saturated rings. The van der Waals surface area contributed by atoms with Crippen LogP contribution in [0.25, 0.3) is 26.4 Å². The van der Waals surface area contributed by atoms with Crippen LogP contribution in [0.1, 0.15) is 5.82 Å². The standard InChI is InChI=1S/C12H6F3N5S/c13-12(14,15)10-17-18-11-20(10)19-9(21-11)7-5-16-8-4-2-1-3-6(7)8/h1-5,16H. The molecule has 0 radical (unpaired) electrons. The van der Waals surface area contributed by atoms with E-state index in [1.54, 1.807) is 6.20 Å². The Kier molecular flexibility index (Phi) is 2.37. The molecule has 0 saturated carbocycles. The minimum Gasteiger partial charge on any atom is -0.360 e. The van der Waals surface area contributed by atoms with Gasteiger partial charge < -0.3 is 4.98 Å². The van der Waals surface area contributed by atoms with Crippen LogP contribution < -0.4 is 0 Å².